The van der Waals surface area contributed by atoms with Crippen LogP contribution in [0.5, 0.6) is 5.75 Å². The average Bonchev–Trinajstić information content (AvgIpc) is 2.19. The summed E-state index contributed by atoms with van der Waals surface area (Å²) >= 11 is 0. The Kier molecular flexibility index (Phi) is 18.4. The number of hydrogen-bond donors (Lipinski definition) is 5. The molecule has 1 aromatic rings. The van der Waals surface area contributed by atoms with Gasteiger partial charge in [0.05, 0.1) is 18.9 Å². The van der Waals surface area contributed by atoms with Gasteiger partial charge in [-0.05, 0) is 6.92 Å². The summed E-state index contributed by atoms with van der Waals surface area (Å²) in [6, 6.07) is 0. The van der Waals surface area contributed by atoms with Gasteiger partial charge in [0.15, 0.2) is 0 Å². The molecule has 1 unspecified atom stereocenters. The van der Waals surface area contributed by atoms with Gasteiger partial charge in [0.25, 0.3) is 0 Å². The molecule has 0 saturated carbocycles. The number of halogens is 1. The van der Waals surface area contributed by atoms with Crippen molar-refractivity contribution in [2.45, 2.75) is 20.1 Å². The molecule has 5 N–H and O–H groups in total. The van der Waals surface area contributed by atoms with Gasteiger partial charge in [-0.25, -0.2) is 0 Å². The molecule has 1 heterocycles. The smallest absolute Gasteiger partial charge is 1.00 e. The van der Waals surface area contributed by atoms with Crippen LogP contribution in [0.2, 0.25) is 0 Å². The van der Waals surface area contributed by atoms with Crippen LogP contribution in [0.4, 0.5) is 0 Å². The van der Waals surface area contributed by atoms with E-state index in [1.165, 1.54) is 6.20 Å². The number of aromatic hydroxyl groups is 1. The quantitative estimate of drug-likeness (QED) is 0.274. The van der Waals surface area contributed by atoms with E-state index in [-0.39, 0.29) is 67.2 Å². The second-order valence-corrected chi connectivity index (χ2v) is 3.86. The summed E-state index contributed by atoms with van der Waals surface area (Å²) in [6.45, 7) is 1.12. The van der Waals surface area contributed by atoms with Gasteiger partial charge in [-0.3, -0.25) is 14.1 Å². The molecule has 1 aromatic heterocycles. The van der Waals surface area contributed by atoms with Crippen molar-refractivity contribution in [1.29, 1.82) is 0 Å². The molecule has 0 fully saturated rings. The summed E-state index contributed by atoms with van der Waals surface area (Å²) in [6.07, 6.45) is 1.45. The molecule has 1 rings (SSSR count). The number of aliphatic hydroxyl groups is 2. The zero-order valence-corrected chi connectivity index (χ0v) is 15.2. The molecule has 0 aromatic carbocycles. The second-order valence-electron chi connectivity index (χ2n) is 2.96. The molecule has 0 saturated heterocycles. The van der Waals surface area contributed by atoms with Gasteiger partial charge in [0, 0.05) is 17.3 Å². The number of nitrogens with zero attached hydrogens (tertiary/aromatic N) is 1. The van der Waals surface area contributed by atoms with Crippen LogP contribution in [-0.4, -0.2) is 60.9 Å². The third kappa shape index (κ3) is 12.0. The normalized spacial score (nSPS) is 9.05. The van der Waals surface area contributed by atoms with Crippen LogP contribution in [-0.2, 0) is 23.6 Å². The number of aliphatic hydroxyl groups excluding tert-OH is 2. The number of pyridine rings is 1. The Morgan fingerprint density at radius 1 is 1.25 bits per heavy atom. The van der Waals surface area contributed by atoms with Gasteiger partial charge in [-0.1, -0.05) is 0 Å². The largest absolute Gasteiger partial charge is 2.00 e. The van der Waals surface area contributed by atoms with Crippen molar-refractivity contribution in [3.05, 3.63) is 23.0 Å². The summed E-state index contributed by atoms with van der Waals surface area (Å²) in [5.41, 5.74) is 1.27. The van der Waals surface area contributed by atoms with E-state index in [0.29, 0.717) is 16.8 Å². The molecule has 0 spiro atoms. The van der Waals surface area contributed by atoms with E-state index in [0.717, 1.165) is 0 Å². The van der Waals surface area contributed by atoms with Crippen LogP contribution in [0.25, 0.3) is 0 Å². The fourth-order valence-corrected chi connectivity index (χ4v) is 0.997. The van der Waals surface area contributed by atoms with Crippen LogP contribution in [0.15, 0.2) is 6.20 Å². The van der Waals surface area contributed by atoms with Gasteiger partial charge in [-0.2, -0.15) is 18.3 Å². The summed E-state index contributed by atoms with van der Waals surface area (Å²) in [5, 5.41) is 27.0. The van der Waals surface area contributed by atoms with Crippen molar-refractivity contribution >= 4 is 55.8 Å². The Balaban J connectivity index is -0.0000000574. The van der Waals surface area contributed by atoms with E-state index in [1.807, 2.05) is 0 Å². The fraction of sp³-hybridized carbons (Fsp3) is 0.375. The van der Waals surface area contributed by atoms with Crippen molar-refractivity contribution in [2.75, 3.05) is 0 Å². The SMILES string of the molecule is Cc1ncc(CO)c(CO)c1O.Cl.O=S(=O)(O)O.P.[H-].[H-].[Mg+2]. The maximum Gasteiger partial charge on any atom is 2.00 e. The van der Waals surface area contributed by atoms with Crippen molar-refractivity contribution < 1.29 is 35.7 Å². The summed E-state index contributed by atoms with van der Waals surface area (Å²) in [4.78, 5) is 3.84. The topological polar surface area (TPSA) is 148 Å². The summed E-state index contributed by atoms with van der Waals surface area (Å²) < 4.78 is 31.6. The van der Waals surface area contributed by atoms with Crippen LogP contribution in [0.1, 0.15) is 19.7 Å². The van der Waals surface area contributed by atoms with Crippen LogP contribution >= 0.6 is 22.3 Å². The average molecular weight is 364 g/mol. The van der Waals surface area contributed by atoms with E-state index in [2.05, 4.69) is 4.98 Å². The van der Waals surface area contributed by atoms with E-state index in [1.54, 1.807) is 6.92 Å². The molecule has 0 amide bonds. The first-order chi connectivity index (χ1) is 7.70. The maximum atomic E-state index is 9.38. The standard InChI is InChI=1S/C8H11NO3.ClH.Mg.H2O4S.H3P.2H/c1-5-8(12)7(4-11)6(3-10)2-9-5;;;1-5(2,3)4;;;/h2,10-12H,3-4H2,1H3;1H;;(H2,1,2,3,4);1H3;;/q;;+2;;;2*-1. The first-order valence-corrected chi connectivity index (χ1v) is 5.68. The van der Waals surface area contributed by atoms with Crippen molar-refractivity contribution in [1.82, 2.24) is 4.98 Å². The Morgan fingerprint density at radius 2 is 1.65 bits per heavy atom. The third-order valence-electron chi connectivity index (χ3n) is 1.76. The molecule has 0 radical (unpaired) electrons. The Morgan fingerprint density at radius 3 is 1.95 bits per heavy atom. The van der Waals surface area contributed by atoms with E-state index < -0.39 is 10.4 Å². The first-order valence-electron chi connectivity index (χ1n) is 4.28. The summed E-state index contributed by atoms with van der Waals surface area (Å²) in [7, 11) is -4.67. The van der Waals surface area contributed by atoms with Gasteiger partial charge < -0.3 is 18.2 Å². The zero-order chi connectivity index (χ0) is 13.6. The molecule has 0 aliphatic heterocycles. The van der Waals surface area contributed by atoms with Crippen molar-refractivity contribution in [3.63, 3.8) is 0 Å². The minimum Gasteiger partial charge on any atom is -1.00 e. The minimum atomic E-state index is -4.67. The second kappa shape index (κ2) is 12.9. The van der Waals surface area contributed by atoms with Gasteiger partial charge in [-0.15, -0.1) is 12.4 Å². The van der Waals surface area contributed by atoms with E-state index in [4.69, 9.17) is 27.7 Å². The van der Waals surface area contributed by atoms with E-state index >= 15 is 0 Å². The molecule has 0 aliphatic carbocycles. The Hall–Kier alpha value is 0.226. The molecular weight excluding hydrogens is 345 g/mol. The molecule has 1 atom stereocenters. The molecule has 118 valence electrons. The molecule has 8 nitrogen and oxygen atoms in total. The molecule has 20 heavy (non-hydrogen) atoms. The number of aryl methyl sites for hydroxylation is 1. The number of aromatic nitrogens is 1. The predicted molar refractivity (Wildman–Crippen MR) is 83.0 cm³/mol. The van der Waals surface area contributed by atoms with E-state index in [9.17, 15) is 5.11 Å². The number of rotatable bonds is 2. The monoisotopic (exact) mass is 363 g/mol. The fourth-order valence-electron chi connectivity index (χ4n) is 0.997. The van der Waals surface area contributed by atoms with Crippen molar-refractivity contribution in [2.24, 2.45) is 0 Å². The minimum absolute atomic E-state index is 0. The maximum absolute atomic E-state index is 9.38. The van der Waals surface area contributed by atoms with Gasteiger partial charge in [0.1, 0.15) is 5.75 Å². The summed E-state index contributed by atoms with van der Waals surface area (Å²) in [5.74, 6) is -0.0379. The van der Waals surface area contributed by atoms with Crippen LogP contribution < -0.4 is 0 Å². The first kappa shape index (κ1) is 28.4. The predicted octanol–water partition coefficient (Wildman–Crippen LogP) is -0.248. The molecule has 0 bridgehead atoms. The molecule has 0 aliphatic rings. The molecule has 12 heteroatoms. The van der Waals surface area contributed by atoms with Gasteiger partial charge in [0.2, 0.25) is 0 Å². The van der Waals surface area contributed by atoms with Crippen molar-refractivity contribution in [3.8, 4) is 5.75 Å². The third-order valence-corrected chi connectivity index (χ3v) is 1.76. The zero-order valence-electron chi connectivity index (χ0n) is 12.7. The Bertz CT molecular complexity index is 490. The van der Waals surface area contributed by atoms with Gasteiger partial charge >= 0.3 is 33.5 Å². The Labute approximate surface area is 145 Å². The van der Waals surface area contributed by atoms with Crippen LogP contribution in [0, 0.1) is 6.92 Å². The van der Waals surface area contributed by atoms with Crippen LogP contribution in [0.3, 0.4) is 0 Å². The molecular formula is C8H19ClMgNO7PS. The number of hydrogen-bond acceptors (Lipinski definition) is 6.